The van der Waals surface area contributed by atoms with Crippen molar-refractivity contribution in [1.29, 1.82) is 0 Å². The molecule has 2 heterocycles. The van der Waals surface area contributed by atoms with Crippen molar-refractivity contribution in [3.05, 3.63) is 41.2 Å². The smallest absolute Gasteiger partial charge is 0.313 e. The predicted molar refractivity (Wildman–Crippen MR) is 91.5 cm³/mol. The molecule has 27 heavy (non-hydrogen) atoms. The lowest BCUT2D eigenvalue weighted by molar-refractivity contribution is -0.140. The summed E-state index contributed by atoms with van der Waals surface area (Å²) in [5, 5.41) is 11.2. The fourth-order valence-corrected chi connectivity index (χ4v) is 2.66. The van der Waals surface area contributed by atoms with Crippen LogP contribution in [-0.4, -0.2) is 46.0 Å². The normalized spacial score (nSPS) is 16.1. The maximum absolute atomic E-state index is 12.2. The Morgan fingerprint density at radius 1 is 1.26 bits per heavy atom. The number of amides is 3. The molecule has 1 saturated heterocycles. The van der Waals surface area contributed by atoms with Crippen LogP contribution in [0.2, 0.25) is 0 Å². The molecule has 140 valence electrons. The molecular weight excluding hydrogens is 354 g/mol. The van der Waals surface area contributed by atoms with Crippen molar-refractivity contribution in [2.75, 3.05) is 12.4 Å². The molecule has 0 aliphatic carbocycles. The molecule has 1 atom stereocenters. The lowest BCUT2D eigenvalue weighted by Crippen LogP contribution is -2.22. The zero-order valence-electron chi connectivity index (χ0n) is 14.4. The summed E-state index contributed by atoms with van der Waals surface area (Å²) in [7, 11) is 1.27. The number of hydrogen-bond acceptors (Lipinski definition) is 7. The highest BCUT2D eigenvalue weighted by Gasteiger charge is 2.30. The number of aromatic amines is 1. The van der Waals surface area contributed by atoms with Gasteiger partial charge in [-0.2, -0.15) is 4.98 Å². The average Bonchev–Trinajstić information content (AvgIpc) is 3.21. The van der Waals surface area contributed by atoms with Gasteiger partial charge in [0.1, 0.15) is 12.2 Å². The van der Waals surface area contributed by atoms with Gasteiger partial charge in [0.15, 0.2) is 0 Å². The second-order valence-corrected chi connectivity index (χ2v) is 6.03. The van der Waals surface area contributed by atoms with Gasteiger partial charge in [0.05, 0.1) is 13.0 Å². The molecular formula is C17H17N5O5. The molecule has 0 radical (unpaired) electrons. The predicted octanol–water partition coefficient (Wildman–Crippen LogP) is -0.0223. The van der Waals surface area contributed by atoms with Crippen molar-refractivity contribution >= 4 is 29.6 Å². The van der Waals surface area contributed by atoms with E-state index in [-0.39, 0.29) is 42.3 Å². The van der Waals surface area contributed by atoms with E-state index in [2.05, 4.69) is 30.6 Å². The first-order valence-electron chi connectivity index (χ1n) is 8.16. The molecule has 1 aliphatic heterocycles. The molecule has 2 aromatic rings. The third-order valence-corrected chi connectivity index (χ3v) is 4.06. The third-order valence-electron chi connectivity index (χ3n) is 4.06. The van der Waals surface area contributed by atoms with E-state index in [1.807, 2.05) is 0 Å². The van der Waals surface area contributed by atoms with Gasteiger partial charge in [0.2, 0.25) is 17.8 Å². The SMILES string of the molecule is COC(=O)Cc1nc(NC(=O)c2ccc(CC3CC(=O)NC3=O)cc2)n[nH]1. The summed E-state index contributed by atoms with van der Waals surface area (Å²) in [4.78, 5) is 50.3. The number of nitrogens with zero attached hydrogens (tertiary/aromatic N) is 2. The van der Waals surface area contributed by atoms with Gasteiger partial charge in [0.25, 0.3) is 5.91 Å². The van der Waals surface area contributed by atoms with Crippen LogP contribution in [0, 0.1) is 5.92 Å². The van der Waals surface area contributed by atoms with E-state index >= 15 is 0 Å². The minimum atomic E-state index is -0.475. The third kappa shape index (κ3) is 4.54. The Morgan fingerprint density at radius 3 is 2.63 bits per heavy atom. The molecule has 10 nitrogen and oxygen atoms in total. The molecule has 1 aromatic heterocycles. The van der Waals surface area contributed by atoms with E-state index in [1.165, 1.54) is 7.11 Å². The Kier molecular flexibility index (Phi) is 5.25. The average molecular weight is 371 g/mol. The van der Waals surface area contributed by atoms with Crippen LogP contribution >= 0.6 is 0 Å². The van der Waals surface area contributed by atoms with Crippen molar-refractivity contribution in [3.63, 3.8) is 0 Å². The number of ether oxygens (including phenoxy) is 1. The molecule has 10 heteroatoms. The number of benzene rings is 1. The van der Waals surface area contributed by atoms with Crippen LogP contribution in [0.1, 0.15) is 28.2 Å². The van der Waals surface area contributed by atoms with Crippen LogP contribution in [-0.2, 0) is 32.0 Å². The standard InChI is InChI=1S/C17H17N5O5/c1-27-14(24)8-12-18-17(22-21-12)20-15(25)10-4-2-9(3-5-10)6-11-7-13(23)19-16(11)26/h2-5,11H,6-8H2,1H3,(H,19,23,26)(H2,18,20,21,22,25). The Bertz CT molecular complexity index is 889. The first kappa shape index (κ1) is 18.2. The summed E-state index contributed by atoms with van der Waals surface area (Å²) >= 11 is 0. The van der Waals surface area contributed by atoms with Gasteiger partial charge >= 0.3 is 5.97 Å². The Labute approximate surface area is 153 Å². The van der Waals surface area contributed by atoms with Gasteiger partial charge in [-0.3, -0.25) is 34.9 Å². The number of rotatable bonds is 6. The lowest BCUT2D eigenvalue weighted by Gasteiger charge is -2.07. The summed E-state index contributed by atoms with van der Waals surface area (Å²) in [5.41, 5.74) is 1.23. The molecule has 0 bridgehead atoms. The molecule has 1 unspecified atom stereocenters. The van der Waals surface area contributed by atoms with E-state index in [4.69, 9.17) is 0 Å². The first-order chi connectivity index (χ1) is 12.9. The molecule has 0 saturated carbocycles. The molecule has 1 aliphatic rings. The van der Waals surface area contributed by atoms with Crippen LogP contribution in [0.4, 0.5) is 5.95 Å². The molecule has 1 aromatic carbocycles. The largest absolute Gasteiger partial charge is 0.469 e. The Balaban J connectivity index is 1.58. The minimum absolute atomic E-state index is 0.0455. The second kappa shape index (κ2) is 7.77. The van der Waals surface area contributed by atoms with Crippen LogP contribution in [0.5, 0.6) is 0 Å². The number of imide groups is 1. The van der Waals surface area contributed by atoms with Crippen LogP contribution < -0.4 is 10.6 Å². The number of esters is 1. The van der Waals surface area contributed by atoms with E-state index in [0.717, 1.165) is 5.56 Å². The highest BCUT2D eigenvalue weighted by Crippen LogP contribution is 2.18. The molecule has 3 rings (SSSR count). The zero-order chi connectivity index (χ0) is 19.4. The number of nitrogens with one attached hydrogen (secondary N) is 3. The van der Waals surface area contributed by atoms with Crippen molar-refractivity contribution in [2.24, 2.45) is 5.92 Å². The summed E-state index contributed by atoms with van der Waals surface area (Å²) in [5.74, 6) is -1.48. The van der Waals surface area contributed by atoms with Crippen molar-refractivity contribution in [3.8, 4) is 0 Å². The maximum atomic E-state index is 12.2. The number of anilines is 1. The van der Waals surface area contributed by atoms with Gasteiger partial charge in [0, 0.05) is 12.0 Å². The topological polar surface area (TPSA) is 143 Å². The van der Waals surface area contributed by atoms with Gasteiger partial charge in [-0.15, -0.1) is 5.10 Å². The summed E-state index contributed by atoms with van der Waals surface area (Å²) in [6, 6.07) is 6.68. The number of carbonyl (C=O) groups is 4. The number of carbonyl (C=O) groups excluding carboxylic acids is 4. The molecule has 3 amide bonds. The Morgan fingerprint density at radius 2 is 2.00 bits per heavy atom. The van der Waals surface area contributed by atoms with Gasteiger partial charge < -0.3 is 4.74 Å². The first-order valence-corrected chi connectivity index (χ1v) is 8.16. The van der Waals surface area contributed by atoms with E-state index in [1.54, 1.807) is 24.3 Å². The van der Waals surface area contributed by atoms with Crippen LogP contribution in [0.25, 0.3) is 0 Å². The van der Waals surface area contributed by atoms with Crippen LogP contribution in [0.3, 0.4) is 0 Å². The number of H-pyrrole nitrogens is 1. The van der Waals surface area contributed by atoms with Gasteiger partial charge in [-0.25, -0.2) is 0 Å². The fraction of sp³-hybridized carbons (Fsp3) is 0.294. The summed E-state index contributed by atoms with van der Waals surface area (Å²) in [6.45, 7) is 0. The molecule has 3 N–H and O–H groups in total. The zero-order valence-corrected chi connectivity index (χ0v) is 14.4. The quantitative estimate of drug-likeness (QED) is 0.478. The summed E-state index contributed by atoms with van der Waals surface area (Å²) in [6.07, 6.45) is 0.530. The Hall–Kier alpha value is -3.56. The summed E-state index contributed by atoms with van der Waals surface area (Å²) < 4.78 is 4.53. The highest BCUT2D eigenvalue weighted by molar-refractivity contribution is 6.04. The molecule has 0 spiro atoms. The fourth-order valence-electron chi connectivity index (χ4n) is 2.66. The van der Waals surface area contributed by atoms with E-state index in [0.29, 0.717) is 12.0 Å². The van der Waals surface area contributed by atoms with Gasteiger partial charge in [-0.05, 0) is 24.1 Å². The number of hydrogen-bond donors (Lipinski definition) is 3. The van der Waals surface area contributed by atoms with Gasteiger partial charge in [-0.1, -0.05) is 12.1 Å². The van der Waals surface area contributed by atoms with E-state index in [9.17, 15) is 19.2 Å². The highest BCUT2D eigenvalue weighted by atomic mass is 16.5. The minimum Gasteiger partial charge on any atom is -0.469 e. The van der Waals surface area contributed by atoms with E-state index < -0.39 is 11.9 Å². The lowest BCUT2D eigenvalue weighted by atomic mass is 9.97. The maximum Gasteiger partial charge on any atom is 0.313 e. The molecule has 1 fully saturated rings. The van der Waals surface area contributed by atoms with Crippen molar-refractivity contribution in [2.45, 2.75) is 19.3 Å². The van der Waals surface area contributed by atoms with Crippen molar-refractivity contribution < 1.29 is 23.9 Å². The number of aromatic nitrogens is 3. The second-order valence-electron chi connectivity index (χ2n) is 6.03. The number of methoxy groups -OCH3 is 1. The monoisotopic (exact) mass is 371 g/mol. The van der Waals surface area contributed by atoms with Crippen molar-refractivity contribution in [1.82, 2.24) is 20.5 Å². The van der Waals surface area contributed by atoms with Crippen LogP contribution in [0.15, 0.2) is 24.3 Å².